The van der Waals surface area contributed by atoms with E-state index in [9.17, 15) is 9.90 Å². The van der Waals surface area contributed by atoms with E-state index >= 15 is 0 Å². The summed E-state index contributed by atoms with van der Waals surface area (Å²) in [6.45, 7) is 6.52. The number of Topliss-reactive ketones (excluding diaryl/α,β-unsaturated/α-hetero) is 1. The summed E-state index contributed by atoms with van der Waals surface area (Å²) in [5, 5.41) is 10.1. The van der Waals surface area contributed by atoms with E-state index in [1.54, 1.807) is 0 Å². The first kappa shape index (κ1) is 13.4. The minimum absolute atomic E-state index is 0.0360. The molecule has 1 N–H and O–H groups in total. The van der Waals surface area contributed by atoms with Crippen LogP contribution in [0.3, 0.4) is 0 Å². The fraction of sp³-hybridized carbons (Fsp3) is 0.632. The number of carbonyl (C=O) groups is 1. The summed E-state index contributed by atoms with van der Waals surface area (Å²) in [7, 11) is 0. The highest BCUT2D eigenvalue weighted by Gasteiger charge is 2.59. The van der Waals surface area contributed by atoms with Gasteiger partial charge in [0.25, 0.3) is 0 Å². The van der Waals surface area contributed by atoms with Gasteiger partial charge in [0.15, 0.2) is 5.76 Å². The number of aliphatic hydroxyl groups excluding tert-OH is 1. The first-order valence-electron chi connectivity index (χ1n) is 8.17. The van der Waals surface area contributed by atoms with Gasteiger partial charge in [-0.1, -0.05) is 31.6 Å². The van der Waals surface area contributed by atoms with Gasteiger partial charge in [0.2, 0.25) is 5.78 Å². The van der Waals surface area contributed by atoms with Crippen LogP contribution in [0.15, 0.2) is 35.1 Å². The van der Waals surface area contributed by atoms with Gasteiger partial charge in [-0.25, -0.2) is 0 Å². The van der Waals surface area contributed by atoms with Crippen LogP contribution in [-0.2, 0) is 4.79 Å². The van der Waals surface area contributed by atoms with Crippen LogP contribution in [0.1, 0.15) is 52.9 Å². The molecule has 0 aromatic carbocycles. The van der Waals surface area contributed by atoms with Gasteiger partial charge in [-0.3, -0.25) is 4.79 Å². The third kappa shape index (κ3) is 1.51. The number of carbonyl (C=O) groups excluding carboxylic acids is 1. The lowest BCUT2D eigenvalue weighted by Crippen LogP contribution is -2.49. The molecule has 4 atom stereocenters. The molecule has 1 spiro atoms. The van der Waals surface area contributed by atoms with Crippen molar-refractivity contribution >= 4 is 5.78 Å². The van der Waals surface area contributed by atoms with Crippen LogP contribution in [0, 0.1) is 22.2 Å². The summed E-state index contributed by atoms with van der Waals surface area (Å²) >= 11 is 0. The molecule has 2 bridgehead atoms. The molecule has 4 unspecified atom stereocenters. The molecule has 4 aliphatic carbocycles. The lowest BCUT2D eigenvalue weighted by atomic mass is 9.47. The van der Waals surface area contributed by atoms with Gasteiger partial charge in [-0.2, -0.15) is 0 Å². The molecule has 4 aliphatic rings. The Morgan fingerprint density at radius 3 is 2.76 bits per heavy atom. The van der Waals surface area contributed by atoms with Crippen LogP contribution in [0.5, 0.6) is 0 Å². The summed E-state index contributed by atoms with van der Waals surface area (Å²) in [6, 6.07) is 0. The van der Waals surface area contributed by atoms with Crippen molar-refractivity contribution in [3.05, 3.63) is 35.1 Å². The fourth-order valence-electron chi connectivity index (χ4n) is 5.95. The number of hydrogen-bond donors (Lipinski definition) is 1. The summed E-state index contributed by atoms with van der Waals surface area (Å²) in [5.74, 6) is 0.318. The molecule has 0 heterocycles. The summed E-state index contributed by atoms with van der Waals surface area (Å²) in [4.78, 5) is 12.1. The van der Waals surface area contributed by atoms with E-state index in [1.165, 1.54) is 24.8 Å². The van der Waals surface area contributed by atoms with E-state index in [4.69, 9.17) is 0 Å². The topological polar surface area (TPSA) is 37.3 Å². The largest absolute Gasteiger partial charge is 0.504 e. The van der Waals surface area contributed by atoms with Crippen molar-refractivity contribution in [2.75, 3.05) is 0 Å². The fourth-order valence-corrected chi connectivity index (χ4v) is 5.95. The first-order valence-corrected chi connectivity index (χ1v) is 8.17. The van der Waals surface area contributed by atoms with Crippen molar-refractivity contribution in [1.29, 1.82) is 0 Å². The predicted molar refractivity (Wildman–Crippen MR) is 82.8 cm³/mol. The van der Waals surface area contributed by atoms with Crippen LogP contribution in [0.4, 0.5) is 0 Å². The third-order valence-corrected chi connectivity index (χ3v) is 6.93. The average Bonchev–Trinajstić information content (AvgIpc) is 2.66. The van der Waals surface area contributed by atoms with E-state index in [0.717, 1.165) is 18.4 Å². The molecule has 0 amide bonds. The number of allylic oxidation sites excluding steroid dienone is 5. The minimum atomic E-state index is -0.166. The SMILES string of the molecule is CC1=C2CCC34C=CC(C)(CCC3C2(C)C=C(O)C1=O)C4. The van der Waals surface area contributed by atoms with Crippen LogP contribution in [0.2, 0.25) is 0 Å². The molecule has 4 rings (SSSR count). The maximum atomic E-state index is 12.1. The molecule has 2 nitrogen and oxygen atoms in total. The Bertz CT molecular complexity index is 638. The van der Waals surface area contributed by atoms with Crippen LogP contribution in [-0.4, -0.2) is 10.9 Å². The zero-order valence-electron chi connectivity index (χ0n) is 13.2. The van der Waals surface area contributed by atoms with E-state index in [2.05, 4.69) is 26.0 Å². The van der Waals surface area contributed by atoms with E-state index < -0.39 is 0 Å². The van der Waals surface area contributed by atoms with Gasteiger partial charge >= 0.3 is 0 Å². The van der Waals surface area contributed by atoms with Gasteiger partial charge in [0.1, 0.15) is 0 Å². The zero-order valence-corrected chi connectivity index (χ0v) is 13.2. The maximum absolute atomic E-state index is 12.1. The number of hydrogen-bond acceptors (Lipinski definition) is 2. The summed E-state index contributed by atoms with van der Waals surface area (Å²) in [5.41, 5.74) is 2.59. The van der Waals surface area contributed by atoms with Crippen LogP contribution >= 0.6 is 0 Å². The standard InChI is InChI=1S/C19H24O2/c1-12-13-4-7-19-9-8-17(2,11-19)6-5-15(19)18(13,3)10-14(20)16(12)21/h8-10,15,20H,4-7,11H2,1-3H3. The van der Waals surface area contributed by atoms with Gasteiger partial charge in [-0.15, -0.1) is 0 Å². The Morgan fingerprint density at radius 1 is 1.24 bits per heavy atom. The van der Waals surface area contributed by atoms with Gasteiger partial charge in [0, 0.05) is 11.0 Å². The van der Waals surface area contributed by atoms with Crippen molar-refractivity contribution in [3.63, 3.8) is 0 Å². The van der Waals surface area contributed by atoms with Crippen LogP contribution in [0.25, 0.3) is 0 Å². The van der Waals surface area contributed by atoms with Crippen molar-refractivity contribution < 1.29 is 9.90 Å². The second kappa shape index (κ2) is 3.71. The highest BCUT2D eigenvalue weighted by atomic mass is 16.3. The number of ketones is 1. The monoisotopic (exact) mass is 284 g/mol. The van der Waals surface area contributed by atoms with Gasteiger partial charge in [0.05, 0.1) is 0 Å². The molecule has 0 radical (unpaired) electrons. The number of rotatable bonds is 0. The van der Waals surface area contributed by atoms with Crippen molar-refractivity contribution in [1.82, 2.24) is 0 Å². The summed E-state index contributed by atoms with van der Waals surface area (Å²) < 4.78 is 0. The van der Waals surface area contributed by atoms with E-state index in [1.807, 2.05) is 13.0 Å². The third-order valence-electron chi connectivity index (χ3n) is 6.93. The predicted octanol–water partition coefficient (Wildman–Crippen LogP) is 4.49. The molecule has 112 valence electrons. The second-order valence-electron chi connectivity index (χ2n) is 8.23. The molecule has 21 heavy (non-hydrogen) atoms. The smallest absolute Gasteiger partial charge is 0.222 e. The normalized spacial score (nSPS) is 48.0. The Kier molecular flexibility index (Phi) is 2.36. The molecular formula is C19H24O2. The first-order chi connectivity index (χ1) is 9.80. The molecule has 0 aromatic rings. The molecule has 0 aromatic heterocycles. The summed E-state index contributed by atoms with van der Waals surface area (Å²) in [6.07, 6.45) is 12.6. The van der Waals surface area contributed by atoms with E-state index in [-0.39, 0.29) is 22.4 Å². The maximum Gasteiger partial charge on any atom is 0.222 e. The highest BCUT2D eigenvalue weighted by Crippen LogP contribution is 2.68. The van der Waals surface area contributed by atoms with Gasteiger partial charge < -0.3 is 5.11 Å². The Hall–Kier alpha value is -1.31. The van der Waals surface area contributed by atoms with Crippen molar-refractivity contribution in [2.45, 2.75) is 52.9 Å². The minimum Gasteiger partial charge on any atom is -0.504 e. The van der Waals surface area contributed by atoms with Crippen LogP contribution < -0.4 is 0 Å². The zero-order chi connectivity index (χ0) is 15.0. The average molecular weight is 284 g/mol. The Balaban J connectivity index is 1.86. The van der Waals surface area contributed by atoms with Gasteiger partial charge in [-0.05, 0) is 61.9 Å². The van der Waals surface area contributed by atoms with E-state index in [0.29, 0.717) is 11.3 Å². The van der Waals surface area contributed by atoms with Crippen molar-refractivity contribution in [3.8, 4) is 0 Å². The number of fused-ring (bicyclic) bond motifs is 3. The molecule has 2 fully saturated rings. The molecule has 0 saturated heterocycles. The van der Waals surface area contributed by atoms with Crippen molar-refractivity contribution in [2.24, 2.45) is 22.2 Å². The quantitative estimate of drug-likeness (QED) is 0.665. The lowest BCUT2D eigenvalue weighted by Gasteiger charge is -2.57. The Morgan fingerprint density at radius 2 is 2.00 bits per heavy atom. The molecule has 2 saturated carbocycles. The molecule has 2 heteroatoms. The second-order valence-corrected chi connectivity index (χ2v) is 8.23. The molecule has 0 aliphatic heterocycles. The lowest BCUT2D eigenvalue weighted by molar-refractivity contribution is -0.115. The molecular weight excluding hydrogens is 260 g/mol. The number of aliphatic hydroxyl groups is 1. The highest BCUT2D eigenvalue weighted by molar-refractivity contribution is 6.08. The Labute approximate surface area is 126 Å².